The number of hydrogen-bond donors (Lipinski definition) is 1. The molecule has 0 aromatic heterocycles. The largest absolute Gasteiger partial charge is 0.316 e. The third-order valence-corrected chi connectivity index (χ3v) is 4.22. The summed E-state index contributed by atoms with van der Waals surface area (Å²) < 4.78 is 0. The predicted molar refractivity (Wildman–Crippen MR) is 65.1 cm³/mol. The van der Waals surface area contributed by atoms with E-state index in [2.05, 4.69) is 24.2 Å². The van der Waals surface area contributed by atoms with Gasteiger partial charge < -0.3 is 5.32 Å². The van der Waals surface area contributed by atoms with Crippen molar-refractivity contribution in [3.63, 3.8) is 0 Å². The van der Waals surface area contributed by atoms with Crippen molar-refractivity contribution in [1.82, 2.24) is 10.2 Å². The Morgan fingerprint density at radius 2 is 2.07 bits per heavy atom. The highest BCUT2D eigenvalue weighted by molar-refractivity contribution is 4.85. The molecule has 1 aliphatic heterocycles. The van der Waals surface area contributed by atoms with E-state index in [9.17, 15) is 0 Å². The number of nitrogens with one attached hydrogen (secondary N) is 1. The molecule has 15 heavy (non-hydrogen) atoms. The molecule has 0 amide bonds. The first-order chi connectivity index (χ1) is 7.31. The molecule has 1 heterocycles. The molecule has 2 aliphatic rings. The van der Waals surface area contributed by atoms with E-state index in [0.29, 0.717) is 6.04 Å². The SMILES string of the molecule is CNC(C)C1CCCCN1CCC1CC1. The van der Waals surface area contributed by atoms with E-state index < -0.39 is 0 Å². The van der Waals surface area contributed by atoms with E-state index >= 15 is 0 Å². The Labute approximate surface area is 94.4 Å². The molecule has 1 saturated carbocycles. The fraction of sp³-hybridized carbons (Fsp3) is 1.00. The van der Waals surface area contributed by atoms with Crippen LogP contribution in [0.1, 0.15) is 45.4 Å². The maximum atomic E-state index is 3.43. The van der Waals surface area contributed by atoms with Gasteiger partial charge in [-0.3, -0.25) is 4.90 Å². The fourth-order valence-electron chi connectivity index (χ4n) is 2.81. The predicted octanol–water partition coefficient (Wildman–Crippen LogP) is 2.25. The number of nitrogens with zero attached hydrogens (tertiary/aromatic N) is 1. The van der Waals surface area contributed by atoms with Crippen LogP contribution in [0.4, 0.5) is 0 Å². The van der Waals surface area contributed by atoms with E-state index in [0.717, 1.165) is 12.0 Å². The highest BCUT2D eigenvalue weighted by Gasteiger charge is 2.28. The molecule has 0 aromatic carbocycles. The van der Waals surface area contributed by atoms with Crippen molar-refractivity contribution in [2.45, 2.75) is 57.5 Å². The van der Waals surface area contributed by atoms with Gasteiger partial charge in [-0.05, 0) is 52.2 Å². The fourth-order valence-corrected chi connectivity index (χ4v) is 2.81. The smallest absolute Gasteiger partial charge is 0.0246 e. The maximum absolute atomic E-state index is 3.43. The summed E-state index contributed by atoms with van der Waals surface area (Å²) in [6, 6.07) is 1.45. The highest BCUT2D eigenvalue weighted by Crippen LogP contribution is 2.33. The summed E-state index contributed by atoms with van der Waals surface area (Å²) in [5.74, 6) is 1.08. The quantitative estimate of drug-likeness (QED) is 0.749. The summed E-state index contributed by atoms with van der Waals surface area (Å²) in [7, 11) is 2.10. The van der Waals surface area contributed by atoms with E-state index in [4.69, 9.17) is 0 Å². The van der Waals surface area contributed by atoms with Crippen molar-refractivity contribution in [2.24, 2.45) is 5.92 Å². The first-order valence-corrected chi connectivity index (χ1v) is 6.72. The zero-order valence-corrected chi connectivity index (χ0v) is 10.3. The molecule has 0 radical (unpaired) electrons. The Kier molecular flexibility index (Phi) is 4.04. The van der Waals surface area contributed by atoms with Crippen LogP contribution in [-0.4, -0.2) is 37.1 Å². The lowest BCUT2D eigenvalue weighted by Gasteiger charge is -2.39. The van der Waals surface area contributed by atoms with Crippen molar-refractivity contribution in [3.8, 4) is 0 Å². The Balaban J connectivity index is 1.80. The zero-order chi connectivity index (χ0) is 10.7. The standard InChI is InChI=1S/C13H26N2/c1-11(14-2)13-5-3-4-9-15(13)10-8-12-6-7-12/h11-14H,3-10H2,1-2H3. The summed E-state index contributed by atoms with van der Waals surface area (Å²) in [5.41, 5.74) is 0. The first-order valence-electron chi connectivity index (χ1n) is 6.72. The summed E-state index contributed by atoms with van der Waals surface area (Å²) in [6.45, 7) is 5.02. The van der Waals surface area contributed by atoms with E-state index in [1.807, 2.05) is 0 Å². The molecule has 0 bridgehead atoms. The van der Waals surface area contributed by atoms with Gasteiger partial charge in [0.05, 0.1) is 0 Å². The topological polar surface area (TPSA) is 15.3 Å². The maximum Gasteiger partial charge on any atom is 0.0246 e. The normalized spacial score (nSPS) is 30.4. The van der Waals surface area contributed by atoms with Gasteiger partial charge in [0.1, 0.15) is 0 Å². The van der Waals surface area contributed by atoms with Crippen LogP contribution in [0.25, 0.3) is 0 Å². The minimum atomic E-state index is 0.657. The molecule has 0 spiro atoms. The van der Waals surface area contributed by atoms with Crippen molar-refractivity contribution in [2.75, 3.05) is 20.1 Å². The number of rotatable bonds is 5. The zero-order valence-electron chi connectivity index (χ0n) is 10.3. The summed E-state index contributed by atoms with van der Waals surface area (Å²) in [6.07, 6.45) is 8.69. The van der Waals surface area contributed by atoms with Crippen LogP contribution in [0.2, 0.25) is 0 Å². The Morgan fingerprint density at radius 1 is 1.27 bits per heavy atom. The van der Waals surface area contributed by atoms with Crippen LogP contribution in [0.5, 0.6) is 0 Å². The lowest BCUT2D eigenvalue weighted by atomic mass is 9.96. The van der Waals surface area contributed by atoms with Crippen LogP contribution in [0.3, 0.4) is 0 Å². The Morgan fingerprint density at radius 3 is 2.73 bits per heavy atom. The highest BCUT2D eigenvalue weighted by atomic mass is 15.2. The van der Waals surface area contributed by atoms with E-state index in [1.54, 1.807) is 0 Å². The van der Waals surface area contributed by atoms with Gasteiger partial charge >= 0.3 is 0 Å². The molecule has 2 fully saturated rings. The van der Waals surface area contributed by atoms with Gasteiger partial charge in [-0.2, -0.15) is 0 Å². The molecule has 2 heteroatoms. The minimum absolute atomic E-state index is 0.657. The molecular weight excluding hydrogens is 184 g/mol. The van der Waals surface area contributed by atoms with Crippen molar-refractivity contribution < 1.29 is 0 Å². The third kappa shape index (κ3) is 3.18. The van der Waals surface area contributed by atoms with Gasteiger partial charge in [0.2, 0.25) is 0 Å². The van der Waals surface area contributed by atoms with Crippen LogP contribution in [0, 0.1) is 5.92 Å². The molecule has 2 unspecified atom stereocenters. The van der Waals surface area contributed by atoms with Gasteiger partial charge in [-0.25, -0.2) is 0 Å². The molecule has 88 valence electrons. The average Bonchev–Trinajstić information content (AvgIpc) is 3.09. The monoisotopic (exact) mass is 210 g/mol. The number of likely N-dealkylation sites (tertiary alicyclic amines) is 1. The van der Waals surface area contributed by atoms with E-state index in [-0.39, 0.29) is 0 Å². The molecular formula is C13H26N2. The van der Waals surface area contributed by atoms with Gasteiger partial charge in [0.25, 0.3) is 0 Å². The van der Waals surface area contributed by atoms with Gasteiger partial charge in [0.15, 0.2) is 0 Å². The lowest BCUT2D eigenvalue weighted by Crippen LogP contribution is -2.50. The summed E-state index contributed by atoms with van der Waals surface area (Å²) >= 11 is 0. The molecule has 2 nitrogen and oxygen atoms in total. The third-order valence-electron chi connectivity index (χ3n) is 4.22. The number of piperidine rings is 1. The molecule has 2 rings (SSSR count). The van der Waals surface area contributed by atoms with Crippen LogP contribution in [-0.2, 0) is 0 Å². The lowest BCUT2D eigenvalue weighted by molar-refractivity contribution is 0.118. The van der Waals surface area contributed by atoms with Crippen LogP contribution < -0.4 is 5.32 Å². The first kappa shape index (κ1) is 11.4. The summed E-state index contributed by atoms with van der Waals surface area (Å²) in [5, 5.41) is 3.43. The van der Waals surface area contributed by atoms with Crippen molar-refractivity contribution in [3.05, 3.63) is 0 Å². The van der Waals surface area contributed by atoms with E-state index in [1.165, 1.54) is 51.6 Å². The molecule has 0 aromatic rings. The van der Waals surface area contributed by atoms with Crippen molar-refractivity contribution in [1.29, 1.82) is 0 Å². The van der Waals surface area contributed by atoms with Crippen LogP contribution in [0.15, 0.2) is 0 Å². The Bertz CT molecular complexity index is 189. The number of hydrogen-bond acceptors (Lipinski definition) is 2. The Hall–Kier alpha value is -0.0800. The minimum Gasteiger partial charge on any atom is -0.316 e. The van der Waals surface area contributed by atoms with Gasteiger partial charge in [-0.15, -0.1) is 0 Å². The molecule has 1 saturated heterocycles. The summed E-state index contributed by atoms with van der Waals surface area (Å²) in [4.78, 5) is 2.74. The second kappa shape index (κ2) is 5.31. The van der Waals surface area contributed by atoms with Gasteiger partial charge in [-0.1, -0.05) is 19.3 Å². The van der Waals surface area contributed by atoms with Crippen molar-refractivity contribution >= 4 is 0 Å². The van der Waals surface area contributed by atoms with Crippen LogP contribution >= 0.6 is 0 Å². The molecule has 1 aliphatic carbocycles. The second-order valence-electron chi connectivity index (χ2n) is 5.41. The average molecular weight is 210 g/mol. The molecule has 2 atom stereocenters. The second-order valence-corrected chi connectivity index (χ2v) is 5.41. The number of likely N-dealkylation sites (N-methyl/N-ethyl adjacent to an activating group) is 1. The molecule has 1 N–H and O–H groups in total. The van der Waals surface area contributed by atoms with Gasteiger partial charge in [0, 0.05) is 12.1 Å².